The van der Waals surface area contributed by atoms with E-state index in [2.05, 4.69) is 30.0 Å². The molecule has 0 unspecified atom stereocenters. The summed E-state index contributed by atoms with van der Waals surface area (Å²) in [7, 11) is -1.25. The number of phenols is 1. The lowest BCUT2D eigenvalue weighted by Crippen LogP contribution is -2.33. The monoisotopic (exact) mass is 288 g/mol. The van der Waals surface area contributed by atoms with Crippen LogP contribution in [0.15, 0.2) is 36.7 Å². The second-order valence-electron chi connectivity index (χ2n) is 5.60. The Morgan fingerprint density at radius 2 is 1.70 bits per heavy atom. The summed E-state index contributed by atoms with van der Waals surface area (Å²) in [5.41, 5.74) is 0.873. The fraction of sp³-hybridized carbons (Fsp3) is 0.333. The average Bonchev–Trinajstić information content (AvgIpc) is 2.47. The second-order valence-corrected chi connectivity index (χ2v) is 10.9. The molecule has 0 amide bonds. The van der Waals surface area contributed by atoms with Crippen LogP contribution in [0.4, 0.5) is 0 Å². The van der Waals surface area contributed by atoms with Gasteiger partial charge < -0.3 is 9.84 Å². The number of hydrogen-bond donors (Lipinski definition) is 1. The first-order chi connectivity index (χ1) is 9.50. The zero-order chi connectivity index (χ0) is 14.6. The molecule has 4 nitrogen and oxygen atoms in total. The van der Waals surface area contributed by atoms with Gasteiger partial charge in [0.15, 0.2) is 11.6 Å². The summed E-state index contributed by atoms with van der Waals surface area (Å²) in [5, 5.41) is 9.26. The SMILES string of the molecule is CC[Si](C)(C)COc1cnc(-c2ccc(O)cc2)nc1. The van der Waals surface area contributed by atoms with E-state index in [9.17, 15) is 5.11 Å². The van der Waals surface area contributed by atoms with E-state index in [-0.39, 0.29) is 5.75 Å². The lowest BCUT2D eigenvalue weighted by molar-refractivity contribution is 0.373. The topological polar surface area (TPSA) is 55.2 Å². The van der Waals surface area contributed by atoms with Crippen molar-refractivity contribution in [1.82, 2.24) is 9.97 Å². The van der Waals surface area contributed by atoms with Crippen molar-refractivity contribution in [2.45, 2.75) is 26.1 Å². The Balaban J connectivity index is 2.05. The van der Waals surface area contributed by atoms with Gasteiger partial charge in [0.2, 0.25) is 0 Å². The van der Waals surface area contributed by atoms with Crippen LogP contribution in [-0.2, 0) is 0 Å². The normalized spacial score (nSPS) is 11.3. The van der Waals surface area contributed by atoms with Crippen LogP contribution in [0.1, 0.15) is 6.92 Å². The van der Waals surface area contributed by atoms with Gasteiger partial charge in [0.25, 0.3) is 0 Å². The molecule has 5 heteroatoms. The van der Waals surface area contributed by atoms with Crippen LogP contribution in [0.25, 0.3) is 11.4 Å². The minimum absolute atomic E-state index is 0.237. The highest BCUT2D eigenvalue weighted by molar-refractivity contribution is 6.77. The molecule has 0 aliphatic heterocycles. The van der Waals surface area contributed by atoms with Crippen molar-refractivity contribution in [2.75, 3.05) is 6.23 Å². The maximum atomic E-state index is 9.26. The van der Waals surface area contributed by atoms with E-state index in [0.29, 0.717) is 11.6 Å². The Bertz CT molecular complexity index is 553. The zero-order valence-corrected chi connectivity index (χ0v) is 13.1. The number of nitrogens with zero attached hydrogens (tertiary/aromatic N) is 2. The van der Waals surface area contributed by atoms with Gasteiger partial charge in [-0.15, -0.1) is 0 Å². The molecular weight excluding hydrogens is 268 g/mol. The van der Waals surface area contributed by atoms with Crippen LogP contribution >= 0.6 is 0 Å². The fourth-order valence-corrected chi connectivity index (χ4v) is 2.29. The number of aromatic nitrogens is 2. The highest BCUT2D eigenvalue weighted by Crippen LogP contribution is 2.20. The van der Waals surface area contributed by atoms with Crippen LogP contribution in [-0.4, -0.2) is 29.4 Å². The largest absolute Gasteiger partial charge is 0.508 e. The van der Waals surface area contributed by atoms with Crippen molar-refractivity contribution in [2.24, 2.45) is 0 Å². The molecule has 1 heterocycles. The van der Waals surface area contributed by atoms with Crippen molar-refractivity contribution in [3.63, 3.8) is 0 Å². The minimum atomic E-state index is -1.25. The third kappa shape index (κ3) is 3.80. The molecule has 2 aromatic rings. The van der Waals surface area contributed by atoms with Gasteiger partial charge in [-0.3, -0.25) is 0 Å². The molecule has 1 N–H and O–H groups in total. The number of aromatic hydroxyl groups is 1. The predicted octanol–water partition coefficient (Wildman–Crippen LogP) is 3.50. The van der Waals surface area contributed by atoms with Gasteiger partial charge in [0.1, 0.15) is 5.75 Å². The van der Waals surface area contributed by atoms with Gasteiger partial charge in [-0.2, -0.15) is 0 Å². The smallest absolute Gasteiger partial charge is 0.159 e. The zero-order valence-electron chi connectivity index (χ0n) is 12.1. The fourth-order valence-electron chi connectivity index (χ4n) is 1.53. The van der Waals surface area contributed by atoms with Crippen molar-refractivity contribution in [1.29, 1.82) is 0 Å². The summed E-state index contributed by atoms with van der Waals surface area (Å²) < 4.78 is 5.77. The molecule has 0 saturated heterocycles. The number of ether oxygens (including phenoxy) is 1. The Morgan fingerprint density at radius 1 is 1.10 bits per heavy atom. The lowest BCUT2D eigenvalue weighted by atomic mass is 10.2. The van der Waals surface area contributed by atoms with Crippen LogP contribution < -0.4 is 4.74 Å². The molecule has 0 radical (unpaired) electrons. The van der Waals surface area contributed by atoms with Crippen molar-refractivity contribution in [3.8, 4) is 22.9 Å². The van der Waals surface area contributed by atoms with Gasteiger partial charge in [-0.1, -0.05) is 26.1 Å². The number of benzene rings is 1. The molecule has 106 valence electrons. The number of rotatable bonds is 5. The summed E-state index contributed by atoms with van der Waals surface area (Å²) in [6.07, 6.45) is 4.19. The summed E-state index contributed by atoms with van der Waals surface area (Å²) in [4.78, 5) is 8.61. The van der Waals surface area contributed by atoms with E-state index in [1.165, 1.54) is 6.04 Å². The molecule has 0 aliphatic carbocycles. The van der Waals surface area contributed by atoms with Gasteiger partial charge in [-0.05, 0) is 24.3 Å². The van der Waals surface area contributed by atoms with Gasteiger partial charge >= 0.3 is 0 Å². The van der Waals surface area contributed by atoms with Gasteiger partial charge in [-0.25, -0.2) is 9.97 Å². The van der Waals surface area contributed by atoms with E-state index in [1.807, 2.05) is 0 Å². The molecule has 20 heavy (non-hydrogen) atoms. The number of hydrogen-bond acceptors (Lipinski definition) is 4. The molecule has 2 rings (SSSR count). The van der Waals surface area contributed by atoms with Crippen molar-refractivity contribution >= 4 is 8.07 Å². The van der Waals surface area contributed by atoms with E-state index < -0.39 is 8.07 Å². The first-order valence-corrected chi connectivity index (χ1v) is 10.2. The summed E-state index contributed by atoms with van der Waals surface area (Å²) in [6.45, 7) is 6.82. The molecule has 0 atom stereocenters. The van der Waals surface area contributed by atoms with Crippen LogP contribution in [0, 0.1) is 0 Å². The predicted molar refractivity (Wildman–Crippen MR) is 82.6 cm³/mol. The summed E-state index contributed by atoms with van der Waals surface area (Å²) in [5.74, 6) is 1.58. The maximum Gasteiger partial charge on any atom is 0.159 e. The van der Waals surface area contributed by atoms with Crippen LogP contribution in [0.3, 0.4) is 0 Å². The first-order valence-electron chi connectivity index (χ1n) is 6.74. The van der Waals surface area contributed by atoms with E-state index in [1.54, 1.807) is 36.7 Å². The van der Waals surface area contributed by atoms with Crippen LogP contribution in [0.5, 0.6) is 11.5 Å². The highest BCUT2D eigenvalue weighted by atomic mass is 28.3. The molecule has 0 aliphatic rings. The average molecular weight is 288 g/mol. The Labute approximate surface area is 120 Å². The molecule has 0 saturated carbocycles. The summed E-state index contributed by atoms with van der Waals surface area (Å²) in [6, 6.07) is 8.02. The van der Waals surface area contributed by atoms with E-state index in [0.717, 1.165) is 11.8 Å². The second kappa shape index (κ2) is 6.05. The molecule has 1 aromatic heterocycles. The maximum absolute atomic E-state index is 9.26. The molecule has 0 bridgehead atoms. The van der Waals surface area contributed by atoms with Gasteiger partial charge in [0.05, 0.1) is 26.7 Å². The Hall–Kier alpha value is -1.88. The highest BCUT2D eigenvalue weighted by Gasteiger charge is 2.19. The van der Waals surface area contributed by atoms with E-state index in [4.69, 9.17) is 4.74 Å². The Morgan fingerprint density at radius 3 is 2.25 bits per heavy atom. The molecule has 0 fully saturated rings. The van der Waals surface area contributed by atoms with E-state index >= 15 is 0 Å². The standard InChI is InChI=1S/C15H20N2O2Si/c1-4-20(2,3)11-19-14-9-16-15(17-10-14)12-5-7-13(18)8-6-12/h5-10,18H,4,11H2,1-3H3. The third-order valence-corrected chi connectivity index (χ3v) is 6.18. The van der Waals surface area contributed by atoms with Crippen molar-refractivity contribution in [3.05, 3.63) is 36.7 Å². The Kier molecular flexibility index (Phi) is 4.39. The molecular formula is C15H20N2O2Si. The summed E-state index contributed by atoms with van der Waals surface area (Å²) >= 11 is 0. The minimum Gasteiger partial charge on any atom is -0.508 e. The van der Waals surface area contributed by atoms with Gasteiger partial charge in [0, 0.05) is 5.56 Å². The molecule has 0 spiro atoms. The van der Waals surface area contributed by atoms with Crippen molar-refractivity contribution < 1.29 is 9.84 Å². The lowest BCUT2D eigenvalue weighted by Gasteiger charge is -2.20. The quantitative estimate of drug-likeness (QED) is 0.856. The third-order valence-electron chi connectivity index (χ3n) is 3.34. The first kappa shape index (κ1) is 14.5. The van der Waals surface area contributed by atoms with Crippen LogP contribution in [0.2, 0.25) is 19.1 Å². The number of phenolic OH excluding ortho intramolecular Hbond substituents is 1. The molecule has 1 aromatic carbocycles.